The van der Waals surface area contributed by atoms with Crippen LogP contribution in [0.3, 0.4) is 0 Å². The van der Waals surface area contributed by atoms with Crippen molar-refractivity contribution in [2.24, 2.45) is 0 Å². The summed E-state index contributed by atoms with van der Waals surface area (Å²) in [6, 6.07) is 12.0. The first-order valence-corrected chi connectivity index (χ1v) is 7.75. The molecule has 0 fully saturated rings. The second-order valence-corrected chi connectivity index (χ2v) is 6.12. The predicted octanol–water partition coefficient (Wildman–Crippen LogP) is 4.90. The minimum Gasteiger partial charge on any atom is -0.338 e. The van der Waals surface area contributed by atoms with E-state index in [4.69, 9.17) is 16.6 Å². The van der Waals surface area contributed by atoms with Gasteiger partial charge < -0.3 is 5.32 Å². The number of benzene rings is 2. The summed E-state index contributed by atoms with van der Waals surface area (Å²) in [6.45, 7) is 4.17. The molecule has 0 aliphatic carbocycles. The molecule has 1 N–H and O–H groups in total. The SMILES string of the molecule is Cc1ccc(Nc2nc3cc(Cl)ccc3n3cncc23)c(C)c1. The van der Waals surface area contributed by atoms with E-state index in [0.29, 0.717) is 5.02 Å². The Morgan fingerprint density at radius 2 is 1.91 bits per heavy atom. The van der Waals surface area contributed by atoms with E-state index in [1.54, 1.807) is 6.33 Å². The van der Waals surface area contributed by atoms with Gasteiger partial charge in [0.05, 0.1) is 23.6 Å². The number of hydrogen-bond donors (Lipinski definition) is 1. The Hall–Kier alpha value is -2.59. The van der Waals surface area contributed by atoms with Crippen LogP contribution in [0.1, 0.15) is 11.1 Å². The molecule has 5 heteroatoms. The van der Waals surface area contributed by atoms with Crippen molar-refractivity contribution >= 4 is 39.7 Å². The molecule has 2 aromatic carbocycles. The van der Waals surface area contributed by atoms with Gasteiger partial charge in [0.2, 0.25) is 0 Å². The van der Waals surface area contributed by atoms with Gasteiger partial charge in [-0.15, -0.1) is 0 Å². The van der Waals surface area contributed by atoms with Gasteiger partial charge in [0.1, 0.15) is 5.52 Å². The average Bonchev–Trinajstić information content (AvgIpc) is 2.99. The molecule has 0 amide bonds. The fraction of sp³-hybridized carbons (Fsp3) is 0.111. The second-order valence-electron chi connectivity index (χ2n) is 5.69. The average molecular weight is 323 g/mol. The zero-order valence-corrected chi connectivity index (χ0v) is 13.6. The lowest BCUT2D eigenvalue weighted by Gasteiger charge is -2.12. The largest absolute Gasteiger partial charge is 0.338 e. The second kappa shape index (κ2) is 5.25. The summed E-state index contributed by atoms with van der Waals surface area (Å²) in [4.78, 5) is 9.00. The van der Waals surface area contributed by atoms with Gasteiger partial charge in [-0.3, -0.25) is 4.40 Å². The van der Waals surface area contributed by atoms with Crippen molar-refractivity contribution < 1.29 is 0 Å². The van der Waals surface area contributed by atoms with Crippen molar-refractivity contribution in [3.63, 3.8) is 0 Å². The van der Waals surface area contributed by atoms with E-state index in [1.807, 2.05) is 28.8 Å². The molecule has 0 unspecified atom stereocenters. The van der Waals surface area contributed by atoms with Crippen LogP contribution < -0.4 is 5.32 Å². The van der Waals surface area contributed by atoms with Gasteiger partial charge in [0.15, 0.2) is 5.82 Å². The zero-order chi connectivity index (χ0) is 16.0. The molecule has 0 saturated carbocycles. The van der Waals surface area contributed by atoms with Gasteiger partial charge in [-0.05, 0) is 43.7 Å². The van der Waals surface area contributed by atoms with Crippen molar-refractivity contribution in [1.82, 2.24) is 14.4 Å². The molecule has 0 aliphatic heterocycles. The first-order chi connectivity index (χ1) is 11.1. The van der Waals surface area contributed by atoms with Gasteiger partial charge in [-0.25, -0.2) is 9.97 Å². The topological polar surface area (TPSA) is 42.2 Å². The Balaban J connectivity index is 1.92. The molecule has 23 heavy (non-hydrogen) atoms. The first kappa shape index (κ1) is 14.0. The molecular weight excluding hydrogens is 308 g/mol. The summed E-state index contributed by atoms with van der Waals surface area (Å²) in [5.41, 5.74) is 6.19. The summed E-state index contributed by atoms with van der Waals surface area (Å²) in [5.74, 6) is 0.768. The number of rotatable bonds is 2. The van der Waals surface area contributed by atoms with Crippen molar-refractivity contribution in [3.05, 3.63) is 65.1 Å². The highest BCUT2D eigenvalue weighted by Crippen LogP contribution is 2.27. The summed E-state index contributed by atoms with van der Waals surface area (Å²) in [6.07, 6.45) is 3.60. The minimum atomic E-state index is 0.668. The molecule has 0 radical (unpaired) electrons. The van der Waals surface area contributed by atoms with Gasteiger partial charge in [0.25, 0.3) is 0 Å². The van der Waals surface area contributed by atoms with E-state index in [0.717, 1.165) is 28.1 Å². The van der Waals surface area contributed by atoms with Crippen LogP contribution in [-0.2, 0) is 0 Å². The van der Waals surface area contributed by atoms with Crippen molar-refractivity contribution in [1.29, 1.82) is 0 Å². The number of halogens is 1. The molecule has 2 heterocycles. The van der Waals surface area contributed by atoms with E-state index in [1.165, 1.54) is 11.1 Å². The molecule has 4 aromatic rings. The predicted molar refractivity (Wildman–Crippen MR) is 94.7 cm³/mol. The fourth-order valence-corrected chi connectivity index (χ4v) is 2.97. The van der Waals surface area contributed by atoms with E-state index < -0.39 is 0 Å². The molecule has 114 valence electrons. The highest BCUT2D eigenvalue weighted by Gasteiger charge is 2.10. The lowest BCUT2D eigenvalue weighted by atomic mass is 10.1. The highest BCUT2D eigenvalue weighted by molar-refractivity contribution is 6.31. The number of nitrogens with one attached hydrogen (secondary N) is 1. The maximum atomic E-state index is 6.11. The Bertz CT molecular complexity index is 1040. The third-order valence-corrected chi connectivity index (χ3v) is 4.18. The summed E-state index contributed by atoms with van der Waals surface area (Å²) < 4.78 is 2.02. The Morgan fingerprint density at radius 1 is 1.04 bits per heavy atom. The Labute approximate surface area is 138 Å². The molecular formula is C18H15ClN4. The molecule has 0 atom stereocenters. The van der Waals surface area contributed by atoms with Crippen LogP contribution in [-0.4, -0.2) is 14.4 Å². The zero-order valence-electron chi connectivity index (χ0n) is 12.8. The number of fused-ring (bicyclic) bond motifs is 3. The normalized spacial score (nSPS) is 11.3. The molecule has 0 saturated heterocycles. The smallest absolute Gasteiger partial charge is 0.157 e. The van der Waals surface area contributed by atoms with Crippen LogP contribution in [0.15, 0.2) is 48.9 Å². The standard InChI is InChI=1S/C18H15ClN4/c1-11-3-5-14(12(2)7-11)21-18-17-9-20-10-23(17)16-6-4-13(19)8-15(16)22-18/h3-10H,1-2H3,(H,21,22). The number of anilines is 2. The summed E-state index contributed by atoms with van der Waals surface area (Å²) in [5, 5.41) is 4.09. The van der Waals surface area contributed by atoms with E-state index in [9.17, 15) is 0 Å². The number of aryl methyl sites for hydroxylation is 2. The van der Waals surface area contributed by atoms with Gasteiger partial charge in [0, 0.05) is 10.7 Å². The summed E-state index contributed by atoms with van der Waals surface area (Å²) >= 11 is 6.11. The van der Waals surface area contributed by atoms with Gasteiger partial charge in [-0.1, -0.05) is 29.3 Å². The third-order valence-electron chi connectivity index (χ3n) is 3.95. The number of hydrogen-bond acceptors (Lipinski definition) is 3. The number of imidazole rings is 1. The van der Waals surface area contributed by atoms with Crippen LogP contribution in [0.5, 0.6) is 0 Å². The van der Waals surface area contributed by atoms with Crippen LogP contribution in [0.25, 0.3) is 16.6 Å². The van der Waals surface area contributed by atoms with E-state index >= 15 is 0 Å². The molecule has 4 rings (SSSR count). The Kier molecular flexibility index (Phi) is 3.20. The van der Waals surface area contributed by atoms with Crippen molar-refractivity contribution in [3.8, 4) is 0 Å². The third kappa shape index (κ3) is 2.41. The molecule has 4 nitrogen and oxygen atoms in total. The molecule has 2 aromatic heterocycles. The van der Waals surface area contributed by atoms with Crippen molar-refractivity contribution in [2.75, 3.05) is 5.32 Å². The van der Waals surface area contributed by atoms with Gasteiger partial charge in [-0.2, -0.15) is 0 Å². The fourth-order valence-electron chi connectivity index (χ4n) is 2.80. The minimum absolute atomic E-state index is 0.668. The maximum absolute atomic E-state index is 6.11. The molecule has 0 bridgehead atoms. The first-order valence-electron chi connectivity index (χ1n) is 7.37. The van der Waals surface area contributed by atoms with Crippen LogP contribution in [0, 0.1) is 13.8 Å². The van der Waals surface area contributed by atoms with Gasteiger partial charge >= 0.3 is 0 Å². The number of aromatic nitrogens is 3. The van der Waals surface area contributed by atoms with E-state index in [-0.39, 0.29) is 0 Å². The highest BCUT2D eigenvalue weighted by atomic mass is 35.5. The van der Waals surface area contributed by atoms with Crippen molar-refractivity contribution in [2.45, 2.75) is 13.8 Å². The summed E-state index contributed by atoms with van der Waals surface area (Å²) in [7, 11) is 0. The monoisotopic (exact) mass is 322 g/mol. The lowest BCUT2D eigenvalue weighted by molar-refractivity contribution is 1.19. The number of nitrogens with zero attached hydrogens (tertiary/aromatic N) is 3. The quantitative estimate of drug-likeness (QED) is 0.571. The maximum Gasteiger partial charge on any atom is 0.157 e. The van der Waals surface area contributed by atoms with Crippen LogP contribution in [0.2, 0.25) is 5.02 Å². The molecule has 0 spiro atoms. The lowest BCUT2D eigenvalue weighted by Crippen LogP contribution is -2.00. The van der Waals surface area contributed by atoms with Crippen LogP contribution in [0.4, 0.5) is 11.5 Å². The van der Waals surface area contributed by atoms with Crippen LogP contribution >= 0.6 is 11.6 Å². The van der Waals surface area contributed by atoms with E-state index in [2.05, 4.69) is 42.3 Å². The Morgan fingerprint density at radius 3 is 2.74 bits per heavy atom. The molecule has 0 aliphatic rings.